The van der Waals surface area contributed by atoms with Gasteiger partial charge in [0.05, 0.1) is 17.7 Å². The van der Waals surface area contributed by atoms with Gasteiger partial charge in [-0.3, -0.25) is 0 Å². The van der Waals surface area contributed by atoms with Gasteiger partial charge in [-0.2, -0.15) is 0 Å². The molecule has 1 saturated heterocycles. The van der Waals surface area contributed by atoms with E-state index in [0.717, 1.165) is 6.07 Å². The lowest BCUT2D eigenvalue weighted by Gasteiger charge is -2.34. The number of fused-ring (bicyclic) bond motifs is 1. The van der Waals surface area contributed by atoms with Crippen molar-refractivity contribution in [2.24, 2.45) is 0 Å². The van der Waals surface area contributed by atoms with E-state index in [1.165, 1.54) is 30.3 Å². The van der Waals surface area contributed by atoms with E-state index in [4.69, 9.17) is 30.4 Å². The highest BCUT2D eigenvalue weighted by molar-refractivity contribution is 6.66. The first-order valence-electron chi connectivity index (χ1n) is 12.6. The lowest BCUT2D eigenvalue weighted by molar-refractivity contribution is -0.275. The van der Waals surface area contributed by atoms with Crippen LogP contribution < -0.4 is 20.3 Å². The van der Waals surface area contributed by atoms with Crippen LogP contribution in [0.1, 0.15) is 65.7 Å². The first kappa shape index (κ1) is 30.3. The number of carbonyl (C=O) groups is 1. The normalized spacial score (nSPS) is 23.4. The van der Waals surface area contributed by atoms with Gasteiger partial charge in [-0.05, 0) is 66.7 Å². The molecular formula is C27H32BClF3NO7. The number of aliphatic hydroxyl groups excluding tert-OH is 1. The number of carbonyl (C=O) groups excluding carboxylic acids is 1. The number of hydrogen-bond acceptors (Lipinski definition) is 7. The molecule has 2 heterocycles. The highest BCUT2D eigenvalue weighted by Gasteiger charge is 2.58. The van der Waals surface area contributed by atoms with Crippen molar-refractivity contribution in [3.05, 3.63) is 52.5 Å². The Morgan fingerprint density at radius 2 is 1.68 bits per heavy atom. The van der Waals surface area contributed by atoms with E-state index in [0.29, 0.717) is 0 Å². The summed E-state index contributed by atoms with van der Waals surface area (Å²) in [7, 11) is -1.03. The molecule has 2 N–H and O–H groups in total. The highest BCUT2D eigenvalue weighted by Crippen LogP contribution is 2.52. The monoisotopic (exact) mass is 585 g/mol. The molecule has 8 nitrogen and oxygen atoms in total. The number of amides is 1. The molecule has 218 valence electrons. The molecule has 0 bridgehead atoms. The summed E-state index contributed by atoms with van der Waals surface area (Å²) < 4.78 is 68.4. The Labute approximate surface area is 236 Å². The van der Waals surface area contributed by atoms with E-state index in [1.807, 2.05) is 27.7 Å². The predicted molar refractivity (Wildman–Crippen MR) is 142 cm³/mol. The molecule has 2 aliphatic heterocycles. The summed E-state index contributed by atoms with van der Waals surface area (Å²) in [6, 6.07) is 8.24. The van der Waals surface area contributed by atoms with E-state index >= 15 is 0 Å². The summed E-state index contributed by atoms with van der Waals surface area (Å²) in [6.45, 7) is 11.9. The number of para-hydroxylation sites is 1. The SMILES string of the molecule is CC(C)(C)OC(=O)NC[C@]1(c2ccccc2OC(F)(F)F)Oc2ccc(Cl)c(B3OC(C)(C)C(C)(C)O3)c2[C@@H]1O. The van der Waals surface area contributed by atoms with Crippen LogP contribution in [0.5, 0.6) is 11.5 Å². The summed E-state index contributed by atoms with van der Waals surface area (Å²) in [6.07, 6.45) is -7.55. The minimum Gasteiger partial charge on any atom is -0.477 e. The Balaban J connectivity index is 1.84. The number of alkyl carbamates (subject to hydrolysis) is 1. The molecule has 0 spiro atoms. The molecule has 0 aromatic heterocycles. The van der Waals surface area contributed by atoms with Gasteiger partial charge in [-0.15, -0.1) is 13.2 Å². The second kappa shape index (κ2) is 10.0. The van der Waals surface area contributed by atoms with Crippen molar-refractivity contribution in [2.45, 2.75) is 83.3 Å². The third kappa shape index (κ3) is 5.72. The molecule has 40 heavy (non-hydrogen) atoms. The second-order valence-electron chi connectivity index (χ2n) is 11.8. The molecule has 13 heteroatoms. The quantitative estimate of drug-likeness (QED) is 0.455. The Morgan fingerprint density at radius 1 is 1.07 bits per heavy atom. The average molecular weight is 586 g/mol. The van der Waals surface area contributed by atoms with Gasteiger partial charge in [-0.25, -0.2) is 4.79 Å². The lowest BCUT2D eigenvalue weighted by atomic mass is 9.72. The molecule has 1 fully saturated rings. The molecule has 0 radical (unpaired) electrons. The molecule has 2 aromatic rings. The number of aliphatic hydroxyl groups is 1. The zero-order valence-electron chi connectivity index (χ0n) is 23.2. The number of halogens is 4. The summed E-state index contributed by atoms with van der Waals surface area (Å²) in [5.74, 6) is -0.495. The number of alkyl halides is 3. The fourth-order valence-corrected chi connectivity index (χ4v) is 4.88. The van der Waals surface area contributed by atoms with Gasteiger partial charge in [0.15, 0.2) is 5.60 Å². The zero-order chi connectivity index (χ0) is 29.9. The minimum absolute atomic E-state index is 0.120. The van der Waals surface area contributed by atoms with Crippen molar-refractivity contribution in [1.29, 1.82) is 0 Å². The van der Waals surface area contributed by atoms with Crippen LogP contribution in [0.2, 0.25) is 5.02 Å². The van der Waals surface area contributed by atoms with E-state index in [2.05, 4.69) is 10.1 Å². The topological polar surface area (TPSA) is 95.5 Å². The molecule has 0 aliphatic carbocycles. The second-order valence-corrected chi connectivity index (χ2v) is 12.2. The Hall–Kier alpha value is -2.67. The standard InChI is InChI=1S/C27H32BClF3NO7/c1-23(2,3)38-22(35)33-14-26(15-10-8-9-11-17(15)37-27(30,31)32)21(34)19-18(36-26)13-12-16(29)20(19)28-39-24(4,5)25(6,7)40-28/h8-13,21,34H,14H2,1-7H3,(H,33,35)/t21-,26+/m0/s1. The first-order chi connectivity index (χ1) is 18.3. The Bertz CT molecular complexity index is 1280. The maximum Gasteiger partial charge on any atom is 0.573 e. The smallest absolute Gasteiger partial charge is 0.477 e. The zero-order valence-corrected chi connectivity index (χ0v) is 24.0. The molecule has 2 aromatic carbocycles. The van der Waals surface area contributed by atoms with Gasteiger partial charge >= 0.3 is 19.6 Å². The van der Waals surface area contributed by atoms with E-state index in [9.17, 15) is 23.1 Å². The summed E-state index contributed by atoms with van der Waals surface area (Å²) in [4.78, 5) is 12.6. The first-order valence-corrected chi connectivity index (χ1v) is 13.0. The molecule has 1 amide bonds. The maximum atomic E-state index is 13.4. The van der Waals surface area contributed by atoms with E-state index < -0.39 is 60.4 Å². The van der Waals surface area contributed by atoms with E-state index in [-0.39, 0.29) is 27.4 Å². The predicted octanol–water partition coefficient (Wildman–Crippen LogP) is 5.38. The Kier molecular flexibility index (Phi) is 7.58. The van der Waals surface area contributed by atoms with Crippen LogP contribution in [0.25, 0.3) is 0 Å². The molecule has 2 atom stereocenters. The lowest BCUT2D eigenvalue weighted by Crippen LogP contribution is -2.48. The van der Waals surface area contributed by atoms with Crippen molar-refractivity contribution in [3.8, 4) is 11.5 Å². The molecular weight excluding hydrogens is 554 g/mol. The van der Waals surface area contributed by atoms with Gasteiger partial charge in [-0.1, -0.05) is 29.8 Å². The number of nitrogens with one attached hydrogen (secondary N) is 1. The van der Waals surface area contributed by atoms with Crippen LogP contribution in [0, 0.1) is 0 Å². The summed E-state index contributed by atoms with van der Waals surface area (Å²) >= 11 is 6.61. The van der Waals surface area contributed by atoms with Crippen LogP contribution in [-0.4, -0.2) is 48.0 Å². The fraction of sp³-hybridized carbons (Fsp3) is 0.519. The van der Waals surface area contributed by atoms with Gasteiger partial charge in [0.1, 0.15) is 23.2 Å². The fourth-order valence-electron chi connectivity index (χ4n) is 4.62. The van der Waals surface area contributed by atoms with Gasteiger partial charge in [0.2, 0.25) is 0 Å². The number of benzene rings is 2. The van der Waals surface area contributed by atoms with Crippen molar-refractivity contribution in [2.75, 3.05) is 6.54 Å². The van der Waals surface area contributed by atoms with Crippen LogP contribution in [0.15, 0.2) is 36.4 Å². The van der Waals surface area contributed by atoms with Crippen LogP contribution in [-0.2, 0) is 19.6 Å². The van der Waals surface area contributed by atoms with Gasteiger partial charge < -0.3 is 33.9 Å². The summed E-state index contributed by atoms with van der Waals surface area (Å²) in [5.41, 5.74) is -4.10. The largest absolute Gasteiger partial charge is 0.573 e. The summed E-state index contributed by atoms with van der Waals surface area (Å²) in [5, 5.41) is 14.6. The van der Waals surface area contributed by atoms with Crippen LogP contribution >= 0.6 is 11.6 Å². The average Bonchev–Trinajstić information content (AvgIpc) is 3.19. The van der Waals surface area contributed by atoms with Crippen molar-refractivity contribution >= 4 is 30.3 Å². The maximum absolute atomic E-state index is 13.4. The molecule has 4 rings (SSSR count). The van der Waals surface area contributed by atoms with E-state index in [1.54, 1.807) is 20.8 Å². The number of ether oxygens (including phenoxy) is 3. The van der Waals surface area contributed by atoms with Crippen molar-refractivity contribution in [3.63, 3.8) is 0 Å². The molecule has 0 saturated carbocycles. The third-order valence-electron chi connectivity index (χ3n) is 7.15. The van der Waals surface area contributed by atoms with Crippen molar-refractivity contribution < 1.29 is 46.6 Å². The molecule has 0 unspecified atom stereocenters. The minimum atomic E-state index is -5.04. The number of rotatable bonds is 5. The molecule has 2 aliphatic rings. The van der Waals surface area contributed by atoms with Crippen LogP contribution in [0.4, 0.5) is 18.0 Å². The van der Waals surface area contributed by atoms with Gasteiger partial charge in [0.25, 0.3) is 0 Å². The highest BCUT2D eigenvalue weighted by atomic mass is 35.5. The van der Waals surface area contributed by atoms with Gasteiger partial charge in [0, 0.05) is 21.6 Å². The third-order valence-corrected chi connectivity index (χ3v) is 7.48. The van der Waals surface area contributed by atoms with Crippen molar-refractivity contribution in [1.82, 2.24) is 5.32 Å². The Morgan fingerprint density at radius 3 is 2.25 bits per heavy atom. The van der Waals surface area contributed by atoms with Crippen LogP contribution in [0.3, 0.4) is 0 Å². The number of hydrogen-bond donors (Lipinski definition) is 2.